The smallest absolute Gasteiger partial charge is 0.307 e. The highest BCUT2D eigenvalue weighted by Crippen LogP contribution is 2.19. The second-order valence-electron chi connectivity index (χ2n) is 3.81. The summed E-state index contributed by atoms with van der Waals surface area (Å²) in [6.45, 7) is 6.44. The molecule has 0 aromatic rings. The summed E-state index contributed by atoms with van der Waals surface area (Å²) in [5.74, 6) is 0.161. The van der Waals surface area contributed by atoms with Gasteiger partial charge in [-0.3, -0.25) is 10.2 Å². The zero-order valence-corrected chi connectivity index (χ0v) is 11.1. The van der Waals surface area contributed by atoms with E-state index in [-0.39, 0.29) is 5.92 Å². The lowest BCUT2D eigenvalue weighted by Crippen LogP contribution is -2.29. The van der Waals surface area contributed by atoms with E-state index in [1.54, 1.807) is 18.7 Å². The lowest BCUT2D eigenvalue weighted by Gasteiger charge is -2.17. The fourth-order valence-electron chi connectivity index (χ4n) is 1.20. The first-order valence-electron chi connectivity index (χ1n) is 5.64. The summed E-state index contributed by atoms with van der Waals surface area (Å²) >= 11 is 1.68. The summed E-state index contributed by atoms with van der Waals surface area (Å²) in [5, 5.41) is 19.5. The minimum absolute atomic E-state index is 0.250. The van der Waals surface area contributed by atoms with E-state index in [4.69, 9.17) is 10.5 Å². The molecule has 0 amide bonds. The van der Waals surface area contributed by atoms with Gasteiger partial charge in [0.25, 0.3) is 0 Å². The third-order valence-corrected chi connectivity index (χ3v) is 3.99. The lowest BCUT2D eigenvalue weighted by atomic mass is 10.1. The van der Waals surface area contributed by atoms with Crippen LogP contribution in [-0.4, -0.2) is 34.5 Å². The van der Waals surface area contributed by atoms with Gasteiger partial charge in [-0.2, -0.15) is 11.8 Å². The molecule has 0 bridgehead atoms. The van der Waals surface area contributed by atoms with Crippen LogP contribution in [0, 0.1) is 11.3 Å². The molecule has 0 rings (SSSR count). The molecule has 0 spiro atoms. The Hall–Kier alpha value is -0.710. The summed E-state index contributed by atoms with van der Waals surface area (Å²) in [6, 6.07) is 0. The topological polar surface area (TPSA) is 73.2 Å². The number of rotatable bonds is 8. The predicted octanol–water partition coefficient (Wildman–Crippen LogP) is 2.20. The number of carboxylic acid groups (broad SMARTS) is 1. The number of nitrogens with one attached hydrogen (secondary N) is 2. The highest BCUT2D eigenvalue weighted by molar-refractivity contribution is 7.99. The molecular weight excluding hydrogens is 224 g/mol. The van der Waals surface area contributed by atoms with Crippen molar-refractivity contribution in [3.63, 3.8) is 0 Å². The van der Waals surface area contributed by atoms with E-state index in [0.29, 0.717) is 23.3 Å². The van der Waals surface area contributed by atoms with Crippen molar-refractivity contribution < 1.29 is 9.90 Å². The quantitative estimate of drug-likeness (QED) is 0.453. The molecule has 0 radical (unpaired) electrons. The van der Waals surface area contributed by atoms with Gasteiger partial charge in [0.05, 0.1) is 11.8 Å². The van der Waals surface area contributed by atoms with Crippen LogP contribution in [0.15, 0.2) is 0 Å². The molecule has 4 nitrogen and oxygen atoms in total. The number of carbonyl (C=O) groups is 1. The summed E-state index contributed by atoms with van der Waals surface area (Å²) in [7, 11) is 0. The fourth-order valence-corrected chi connectivity index (χ4v) is 2.52. The standard InChI is InChI=1S/C11H22N2O2S/c1-4-9(11(14)15)7-16-10(5-2)6-13-8(3)12/h9-10H,4-7H2,1-3H3,(H2,12,13)(H,14,15)/t9-,10?/m1/s1. The summed E-state index contributed by atoms with van der Waals surface area (Å²) in [4.78, 5) is 10.8. The van der Waals surface area contributed by atoms with Crippen molar-refractivity contribution in [2.75, 3.05) is 12.3 Å². The second kappa shape index (κ2) is 8.44. The van der Waals surface area contributed by atoms with Gasteiger partial charge in [0.2, 0.25) is 0 Å². The van der Waals surface area contributed by atoms with Crippen LogP contribution >= 0.6 is 11.8 Å². The molecule has 94 valence electrons. The molecule has 0 heterocycles. The number of hydrogen-bond acceptors (Lipinski definition) is 3. The van der Waals surface area contributed by atoms with Crippen LogP contribution in [0.25, 0.3) is 0 Å². The Morgan fingerprint density at radius 3 is 2.44 bits per heavy atom. The molecule has 0 saturated heterocycles. The number of hydrogen-bond donors (Lipinski definition) is 3. The Bertz CT molecular complexity index is 234. The second-order valence-corrected chi connectivity index (χ2v) is 5.15. The Morgan fingerprint density at radius 2 is 2.06 bits per heavy atom. The molecule has 0 aromatic carbocycles. The molecular formula is C11H22N2O2S. The third kappa shape index (κ3) is 6.71. The monoisotopic (exact) mass is 246 g/mol. The van der Waals surface area contributed by atoms with Gasteiger partial charge in [0.1, 0.15) is 0 Å². The molecule has 0 aliphatic carbocycles. The van der Waals surface area contributed by atoms with Gasteiger partial charge in [0.15, 0.2) is 0 Å². The van der Waals surface area contributed by atoms with E-state index in [1.165, 1.54) is 0 Å². The molecule has 1 unspecified atom stereocenters. The SMILES string of the molecule is CCC(CNC(C)=N)SC[C@@H](CC)C(=O)O. The summed E-state index contributed by atoms with van der Waals surface area (Å²) in [6.07, 6.45) is 1.66. The van der Waals surface area contributed by atoms with Gasteiger partial charge < -0.3 is 10.4 Å². The van der Waals surface area contributed by atoms with Crippen molar-refractivity contribution in [3.05, 3.63) is 0 Å². The van der Waals surface area contributed by atoms with Crippen LogP contribution in [0.1, 0.15) is 33.6 Å². The van der Waals surface area contributed by atoms with Crippen LogP contribution in [-0.2, 0) is 4.79 Å². The molecule has 2 atom stereocenters. The minimum atomic E-state index is -0.707. The Kier molecular flexibility index (Phi) is 8.07. The Labute approximate surface area is 102 Å². The predicted molar refractivity (Wildman–Crippen MR) is 69.4 cm³/mol. The maximum atomic E-state index is 10.8. The van der Waals surface area contributed by atoms with Crippen molar-refractivity contribution in [3.8, 4) is 0 Å². The number of carboxylic acids is 1. The van der Waals surface area contributed by atoms with Crippen molar-refractivity contribution in [2.45, 2.75) is 38.9 Å². The van der Waals surface area contributed by atoms with Gasteiger partial charge in [-0.25, -0.2) is 0 Å². The van der Waals surface area contributed by atoms with Crippen molar-refractivity contribution >= 4 is 23.6 Å². The van der Waals surface area contributed by atoms with Gasteiger partial charge in [-0.1, -0.05) is 13.8 Å². The minimum Gasteiger partial charge on any atom is -0.481 e. The van der Waals surface area contributed by atoms with Crippen LogP contribution in [0.5, 0.6) is 0 Å². The molecule has 16 heavy (non-hydrogen) atoms. The summed E-state index contributed by atoms with van der Waals surface area (Å²) in [5.41, 5.74) is 0. The van der Waals surface area contributed by atoms with Crippen LogP contribution in [0.4, 0.5) is 0 Å². The molecule has 3 N–H and O–H groups in total. The number of aliphatic carboxylic acids is 1. The maximum Gasteiger partial charge on any atom is 0.307 e. The Balaban J connectivity index is 3.93. The van der Waals surface area contributed by atoms with Gasteiger partial charge in [-0.15, -0.1) is 0 Å². The average molecular weight is 246 g/mol. The van der Waals surface area contributed by atoms with E-state index in [0.717, 1.165) is 13.0 Å². The normalized spacial score (nSPS) is 14.2. The van der Waals surface area contributed by atoms with E-state index >= 15 is 0 Å². The van der Waals surface area contributed by atoms with Crippen LogP contribution < -0.4 is 5.32 Å². The van der Waals surface area contributed by atoms with E-state index in [1.807, 2.05) is 6.92 Å². The largest absolute Gasteiger partial charge is 0.481 e. The first-order chi connectivity index (χ1) is 7.51. The van der Waals surface area contributed by atoms with Crippen molar-refractivity contribution in [1.82, 2.24) is 5.32 Å². The van der Waals surface area contributed by atoms with Crippen molar-refractivity contribution in [1.29, 1.82) is 5.41 Å². The average Bonchev–Trinajstić information content (AvgIpc) is 2.22. The fraction of sp³-hybridized carbons (Fsp3) is 0.818. The van der Waals surface area contributed by atoms with Crippen LogP contribution in [0.2, 0.25) is 0 Å². The third-order valence-electron chi connectivity index (χ3n) is 2.43. The van der Waals surface area contributed by atoms with Crippen molar-refractivity contribution in [2.24, 2.45) is 5.92 Å². The molecule has 5 heteroatoms. The molecule has 0 aliphatic rings. The number of thioether (sulfide) groups is 1. The molecule has 0 fully saturated rings. The first kappa shape index (κ1) is 15.3. The number of amidine groups is 1. The van der Waals surface area contributed by atoms with Gasteiger partial charge in [0, 0.05) is 17.5 Å². The van der Waals surface area contributed by atoms with Crippen LogP contribution in [0.3, 0.4) is 0 Å². The van der Waals surface area contributed by atoms with E-state index < -0.39 is 5.97 Å². The highest BCUT2D eigenvalue weighted by atomic mass is 32.2. The van der Waals surface area contributed by atoms with Gasteiger partial charge in [-0.05, 0) is 19.8 Å². The molecule has 0 saturated carbocycles. The lowest BCUT2D eigenvalue weighted by molar-refractivity contribution is -0.140. The highest BCUT2D eigenvalue weighted by Gasteiger charge is 2.17. The van der Waals surface area contributed by atoms with Gasteiger partial charge >= 0.3 is 5.97 Å². The van der Waals surface area contributed by atoms with E-state index in [9.17, 15) is 4.79 Å². The maximum absolute atomic E-state index is 10.8. The zero-order chi connectivity index (χ0) is 12.6. The zero-order valence-electron chi connectivity index (χ0n) is 10.2. The first-order valence-corrected chi connectivity index (χ1v) is 6.69. The molecule has 0 aromatic heterocycles. The molecule has 0 aliphatic heterocycles. The Morgan fingerprint density at radius 1 is 1.44 bits per heavy atom. The van der Waals surface area contributed by atoms with E-state index in [2.05, 4.69) is 12.2 Å². The summed E-state index contributed by atoms with van der Waals surface area (Å²) < 4.78 is 0.